The summed E-state index contributed by atoms with van der Waals surface area (Å²) >= 11 is 6.03. The lowest BCUT2D eigenvalue weighted by Crippen LogP contribution is -2.13. The topological polar surface area (TPSA) is 56.8 Å². The number of carbonyl (C=O) groups is 1. The molecule has 0 bridgehead atoms. The Morgan fingerprint density at radius 2 is 1.52 bits per heavy atom. The normalized spacial score (nSPS) is 10.3. The maximum atomic E-state index is 12.5. The van der Waals surface area contributed by atoms with Gasteiger partial charge in [0.1, 0.15) is 30.5 Å². The molecular weight excluding hydrogens is 390 g/mol. The molecule has 0 fully saturated rings. The molecule has 0 unspecified atom stereocenters. The van der Waals surface area contributed by atoms with E-state index in [4.69, 9.17) is 25.8 Å². The van der Waals surface area contributed by atoms with Crippen molar-refractivity contribution in [1.29, 1.82) is 0 Å². The number of benzene rings is 3. The van der Waals surface area contributed by atoms with Gasteiger partial charge in [-0.3, -0.25) is 4.79 Å². The fraction of sp³-hybridized carbons (Fsp3) is 0.174. The van der Waals surface area contributed by atoms with Crippen LogP contribution in [0.2, 0.25) is 5.02 Å². The lowest BCUT2D eigenvalue weighted by molar-refractivity contribution is 0.102. The molecule has 0 aromatic heterocycles. The number of carbonyl (C=O) groups excluding carboxylic acids is 1. The predicted octanol–water partition coefficient (Wildman–Crippen LogP) is 5.45. The second kappa shape index (κ2) is 10.4. The summed E-state index contributed by atoms with van der Waals surface area (Å²) in [5.74, 6) is 1.78. The van der Waals surface area contributed by atoms with Crippen molar-refractivity contribution >= 4 is 23.2 Å². The lowest BCUT2D eigenvalue weighted by atomic mass is 10.2. The van der Waals surface area contributed by atoms with E-state index in [0.717, 1.165) is 5.75 Å². The molecule has 0 aliphatic rings. The Balaban J connectivity index is 1.53. The molecule has 0 spiro atoms. The summed E-state index contributed by atoms with van der Waals surface area (Å²) in [5, 5.41) is 3.35. The maximum Gasteiger partial charge on any atom is 0.255 e. The molecule has 150 valence electrons. The standard InChI is InChI=1S/C23H22ClNO4/c1-2-27-22-13-10-18(24)16-21(22)25-23(26)17-8-11-20(12-9-17)29-15-14-28-19-6-4-3-5-7-19/h3-13,16H,2,14-15H2,1H3,(H,25,26). The molecule has 29 heavy (non-hydrogen) atoms. The second-order valence-corrected chi connectivity index (χ2v) is 6.50. The van der Waals surface area contributed by atoms with Crippen LogP contribution in [0.4, 0.5) is 5.69 Å². The summed E-state index contributed by atoms with van der Waals surface area (Å²) < 4.78 is 16.8. The highest BCUT2D eigenvalue weighted by atomic mass is 35.5. The van der Waals surface area contributed by atoms with Crippen LogP contribution in [0, 0.1) is 0 Å². The highest BCUT2D eigenvalue weighted by molar-refractivity contribution is 6.31. The summed E-state index contributed by atoms with van der Waals surface area (Å²) in [6.45, 7) is 3.20. The number of hydrogen-bond donors (Lipinski definition) is 1. The van der Waals surface area contributed by atoms with Gasteiger partial charge >= 0.3 is 0 Å². The van der Waals surface area contributed by atoms with Gasteiger partial charge in [-0.15, -0.1) is 0 Å². The van der Waals surface area contributed by atoms with E-state index >= 15 is 0 Å². The van der Waals surface area contributed by atoms with Gasteiger partial charge in [0.15, 0.2) is 0 Å². The third-order valence-electron chi connectivity index (χ3n) is 3.97. The van der Waals surface area contributed by atoms with Crippen LogP contribution in [-0.2, 0) is 0 Å². The molecule has 3 aromatic rings. The minimum atomic E-state index is -0.257. The van der Waals surface area contributed by atoms with Crippen LogP contribution in [0.3, 0.4) is 0 Å². The van der Waals surface area contributed by atoms with Crippen LogP contribution in [-0.4, -0.2) is 25.7 Å². The van der Waals surface area contributed by atoms with E-state index in [1.54, 1.807) is 42.5 Å². The van der Waals surface area contributed by atoms with Crippen molar-refractivity contribution in [3.8, 4) is 17.2 Å². The smallest absolute Gasteiger partial charge is 0.255 e. The zero-order valence-electron chi connectivity index (χ0n) is 16.1. The van der Waals surface area contributed by atoms with E-state index in [1.165, 1.54) is 0 Å². The molecule has 0 aliphatic carbocycles. The van der Waals surface area contributed by atoms with Gasteiger partial charge in [0.2, 0.25) is 0 Å². The fourth-order valence-corrected chi connectivity index (χ4v) is 2.79. The predicted molar refractivity (Wildman–Crippen MR) is 114 cm³/mol. The van der Waals surface area contributed by atoms with E-state index in [-0.39, 0.29) is 5.91 Å². The van der Waals surface area contributed by atoms with Gasteiger partial charge in [-0.25, -0.2) is 0 Å². The number of halogens is 1. The molecule has 1 N–H and O–H groups in total. The first-order valence-corrected chi connectivity index (χ1v) is 9.68. The largest absolute Gasteiger partial charge is 0.492 e. The first-order chi connectivity index (χ1) is 14.2. The third-order valence-corrected chi connectivity index (χ3v) is 4.21. The number of rotatable bonds is 9. The van der Waals surface area contributed by atoms with Gasteiger partial charge in [-0.1, -0.05) is 29.8 Å². The van der Waals surface area contributed by atoms with E-state index in [1.807, 2.05) is 37.3 Å². The fourth-order valence-electron chi connectivity index (χ4n) is 2.61. The summed E-state index contributed by atoms with van der Waals surface area (Å²) in [7, 11) is 0. The highest BCUT2D eigenvalue weighted by Gasteiger charge is 2.11. The third kappa shape index (κ3) is 6.16. The Hall–Kier alpha value is -3.18. The molecule has 3 rings (SSSR count). The van der Waals surface area contributed by atoms with Crippen LogP contribution in [0.5, 0.6) is 17.2 Å². The van der Waals surface area contributed by atoms with Crippen LogP contribution in [0.25, 0.3) is 0 Å². The van der Waals surface area contributed by atoms with Gasteiger partial charge in [0.05, 0.1) is 12.3 Å². The van der Waals surface area contributed by atoms with Crippen molar-refractivity contribution in [2.24, 2.45) is 0 Å². The Bertz CT molecular complexity index is 929. The van der Waals surface area contributed by atoms with Crippen LogP contribution in [0.15, 0.2) is 72.8 Å². The number of para-hydroxylation sites is 1. The first-order valence-electron chi connectivity index (χ1n) is 9.30. The molecule has 0 atom stereocenters. The quantitative estimate of drug-likeness (QED) is 0.476. The minimum absolute atomic E-state index is 0.257. The Morgan fingerprint density at radius 3 is 2.17 bits per heavy atom. The van der Waals surface area contributed by atoms with Gasteiger partial charge in [-0.05, 0) is 61.5 Å². The summed E-state index contributed by atoms with van der Waals surface area (Å²) in [6, 6.07) is 21.6. The Kier molecular flexibility index (Phi) is 7.36. The van der Waals surface area contributed by atoms with E-state index in [2.05, 4.69) is 5.32 Å². The lowest BCUT2D eigenvalue weighted by Gasteiger charge is -2.12. The molecule has 0 heterocycles. The van der Waals surface area contributed by atoms with Crippen molar-refractivity contribution in [3.63, 3.8) is 0 Å². The van der Waals surface area contributed by atoms with Crippen LogP contribution in [0.1, 0.15) is 17.3 Å². The summed E-state index contributed by atoms with van der Waals surface area (Å²) in [6.07, 6.45) is 0. The zero-order valence-corrected chi connectivity index (χ0v) is 16.8. The van der Waals surface area contributed by atoms with Gasteiger partial charge in [0.25, 0.3) is 5.91 Å². The number of amides is 1. The maximum absolute atomic E-state index is 12.5. The van der Waals surface area contributed by atoms with Crippen molar-refractivity contribution in [2.75, 3.05) is 25.1 Å². The molecule has 0 aliphatic heterocycles. The minimum Gasteiger partial charge on any atom is -0.492 e. The Morgan fingerprint density at radius 1 is 0.862 bits per heavy atom. The summed E-state index contributed by atoms with van der Waals surface area (Å²) in [4.78, 5) is 12.5. The van der Waals surface area contributed by atoms with Crippen molar-refractivity contribution < 1.29 is 19.0 Å². The molecular formula is C23H22ClNO4. The average molecular weight is 412 g/mol. The SMILES string of the molecule is CCOc1ccc(Cl)cc1NC(=O)c1ccc(OCCOc2ccccc2)cc1. The molecule has 3 aromatic carbocycles. The number of ether oxygens (including phenoxy) is 3. The molecule has 0 saturated carbocycles. The van der Waals surface area contributed by atoms with Crippen molar-refractivity contribution in [3.05, 3.63) is 83.4 Å². The van der Waals surface area contributed by atoms with Crippen LogP contribution >= 0.6 is 11.6 Å². The number of hydrogen-bond acceptors (Lipinski definition) is 4. The van der Waals surface area contributed by atoms with Gasteiger partial charge in [0, 0.05) is 10.6 Å². The van der Waals surface area contributed by atoms with E-state index < -0.39 is 0 Å². The second-order valence-electron chi connectivity index (χ2n) is 6.06. The van der Waals surface area contributed by atoms with E-state index in [9.17, 15) is 4.79 Å². The summed E-state index contributed by atoms with van der Waals surface area (Å²) in [5.41, 5.74) is 1.03. The molecule has 0 radical (unpaired) electrons. The average Bonchev–Trinajstić information content (AvgIpc) is 2.74. The van der Waals surface area contributed by atoms with E-state index in [0.29, 0.717) is 47.6 Å². The zero-order chi connectivity index (χ0) is 20.5. The first kappa shape index (κ1) is 20.6. The number of nitrogens with one attached hydrogen (secondary N) is 1. The molecule has 5 nitrogen and oxygen atoms in total. The molecule has 0 saturated heterocycles. The van der Waals surface area contributed by atoms with Crippen molar-refractivity contribution in [2.45, 2.75) is 6.92 Å². The number of anilines is 1. The Labute approximate surface area is 175 Å². The molecule has 6 heteroatoms. The highest BCUT2D eigenvalue weighted by Crippen LogP contribution is 2.28. The monoisotopic (exact) mass is 411 g/mol. The van der Waals surface area contributed by atoms with Crippen LogP contribution < -0.4 is 19.5 Å². The molecule has 1 amide bonds. The van der Waals surface area contributed by atoms with Gasteiger partial charge in [-0.2, -0.15) is 0 Å². The van der Waals surface area contributed by atoms with Crippen molar-refractivity contribution in [1.82, 2.24) is 0 Å². The van der Waals surface area contributed by atoms with Gasteiger partial charge < -0.3 is 19.5 Å².